The van der Waals surface area contributed by atoms with Crippen molar-refractivity contribution in [1.82, 2.24) is 14.9 Å². The minimum atomic E-state index is -5.10. The van der Waals surface area contributed by atoms with E-state index >= 15 is 0 Å². The predicted molar refractivity (Wildman–Crippen MR) is 121 cm³/mol. The molecule has 0 saturated heterocycles. The molecule has 0 radical (unpaired) electrons. The Kier molecular flexibility index (Phi) is 9.35. The maximum atomic E-state index is 13.6. The summed E-state index contributed by atoms with van der Waals surface area (Å²) in [6.07, 6.45) is -6.37. The van der Waals surface area contributed by atoms with E-state index in [1.807, 2.05) is 0 Å². The summed E-state index contributed by atoms with van der Waals surface area (Å²) in [5.74, 6) is -2.42. The van der Waals surface area contributed by atoms with Crippen LogP contribution in [0.5, 0.6) is 11.5 Å². The third-order valence-corrected chi connectivity index (χ3v) is 5.15. The van der Waals surface area contributed by atoms with Gasteiger partial charge in [-0.1, -0.05) is 24.1 Å². The van der Waals surface area contributed by atoms with E-state index in [1.54, 1.807) is 13.0 Å². The normalized spacial score (nSPS) is 12.8. The van der Waals surface area contributed by atoms with Crippen molar-refractivity contribution in [3.8, 4) is 17.6 Å². The summed E-state index contributed by atoms with van der Waals surface area (Å²) in [6.45, 7) is 2.39. The minimum absolute atomic E-state index is 0.0377. The summed E-state index contributed by atoms with van der Waals surface area (Å²) in [6, 6.07) is 5.12. The largest absolute Gasteiger partial charge is 0.449 e. The van der Waals surface area contributed by atoms with Gasteiger partial charge in [0.2, 0.25) is 11.7 Å². The molecule has 0 aliphatic heterocycles. The molecule has 1 aromatic heterocycles. The molecule has 36 heavy (non-hydrogen) atoms. The lowest BCUT2D eigenvalue weighted by atomic mass is 10.0. The van der Waals surface area contributed by atoms with E-state index in [1.165, 1.54) is 20.0 Å². The molecule has 7 nitrogen and oxygen atoms in total. The zero-order valence-electron chi connectivity index (χ0n) is 19.2. The van der Waals surface area contributed by atoms with Gasteiger partial charge in [0.25, 0.3) is 12.0 Å². The molecule has 2 rings (SSSR count). The van der Waals surface area contributed by atoms with Gasteiger partial charge in [-0.2, -0.15) is 18.4 Å². The smallest absolute Gasteiger partial charge is 0.437 e. The highest BCUT2D eigenvalue weighted by Gasteiger charge is 2.39. The zero-order valence-corrected chi connectivity index (χ0v) is 20.0. The van der Waals surface area contributed by atoms with E-state index < -0.39 is 47.6 Å². The van der Waals surface area contributed by atoms with E-state index in [9.17, 15) is 31.5 Å². The summed E-state index contributed by atoms with van der Waals surface area (Å²) in [5, 5.41) is 11.3. The number of allylic oxidation sites excluding steroid dienone is 3. The van der Waals surface area contributed by atoms with Crippen LogP contribution in [0.4, 0.5) is 22.0 Å². The number of nitrogens with one attached hydrogen (secondary N) is 1. The number of nitrogens with zero attached hydrogens (tertiary/aromatic N) is 3. The Morgan fingerprint density at radius 3 is 2.53 bits per heavy atom. The van der Waals surface area contributed by atoms with Crippen LogP contribution >= 0.6 is 11.6 Å². The number of hydrogen-bond donors (Lipinski definition) is 1. The Balaban J connectivity index is 2.69. The van der Waals surface area contributed by atoms with Crippen LogP contribution in [0.3, 0.4) is 0 Å². The van der Waals surface area contributed by atoms with Gasteiger partial charge in [0.15, 0.2) is 5.69 Å². The molecular formula is C23H20ClF5N4O3. The number of amides is 1. The molecular weight excluding hydrogens is 511 g/mol. The molecule has 0 aliphatic carbocycles. The van der Waals surface area contributed by atoms with Crippen molar-refractivity contribution >= 4 is 17.5 Å². The van der Waals surface area contributed by atoms with Gasteiger partial charge in [-0.15, -0.1) is 0 Å². The number of halogens is 6. The maximum absolute atomic E-state index is 13.6. The first-order valence-corrected chi connectivity index (χ1v) is 10.7. The second kappa shape index (κ2) is 11.8. The topological polar surface area (TPSA) is 97.0 Å². The average molecular weight is 531 g/mol. The molecule has 0 atom stereocenters. The predicted octanol–water partition coefficient (Wildman–Crippen LogP) is 5.24. The van der Waals surface area contributed by atoms with Crippen LogP contribution in [-0.2, 0) is 17.5 Å². The second-order valence-corrected chi connectivity index (χ2v) is 7.82. The highest BCUT2D eigenvalue weighted by atomic mass is 35.5. The number of carbonyl (C=O) groups excluding carboxylic acids is 1. The molecule has 1 N–H and O–H groups in total. The number of nitriles is 1. The number of hydrogen-bond acceptors (Lipinski definition) is 5. The first-order chi connectivity index (χ1) is 16.8. The van der Waals surface area contributed by atoms with Crippen LogP contribution < -0.4 is 15.6 Å². The van der Waals surface area contributed by atoms with E-state index in [-0.39, 0.29) is 33.9 Å². The third-order valence-electron chi connectivity index (χ3n) is 4.93. The second-order valence-electron chi connectivity index (χ2n) is 7.38. The minimum Gasteiger partial charge on any atom is -0.449 e. The fraction of sp³-hybridized carbons (Fsp3) is 0.304. The number of likely N-dealkylation sites (N-methyl/N-ethyl adjacent to an activating group) is 1. The van der Waals surface area contributed by atoms with Crippen LogP contribution in [0.25, 0.3) is 0 Å². The Morgan fingerprint density at radius 2 is 2.00 bits per heavy atom. The van der Waals surface area contributed by atoms with Gasteiger partial charge in [0.05, 0.1) is 24.5 Å². The van der Waals surface area contributed by atoms with Crippen molar-refractivity contribution < 1.29 is 31.5 Å². The van der Waals surface area contributed by atoms with E-state index in [4.69, 9.17) is 21.6 Å². The molecule has 0 unspecified atom stereocenters. The average Bonchev–Trinajstić information content (AvgIpc) is 2.81. The molecule has 2 aromatic rings. The Hall–Kier alpha value is -3.72. The molecule has 0 fully saturated rings. The number of rotatable bonds is 8. The van der Waals surface area contributed by atoms with Gasteiger partial charge in [-0.3, -0.25) is 14.2 Å². The fourth-order valence-electron chi connectivity index (χ4n) is 2.97. The highest BCUT2D eigenvalue weighted by molar-refractivity contribution is 6.30. The number of ether oxygens (including phenoxy) is 1. The maximum Gasteiger partial charge on any atom is 0.437 e. The van der Waals surface area contributed by atoms with Crippen LogP contribution in [0.15, 0.2) is 52.1 Å². The first-order valence-electron chi connectivity index (χ1n) is 10.3. The molecule has 0 aliphatic rings. The SMILES string of the molecule is CC/C(C)=C(/C=C(/Cn1cnc(C(F)(F)F)c(Oc2cc(Cl)cc(C#N)c2)c1=O)C(=O)NC)C(F)F. The van der Waals surface area contributed by atoms with Gasteiger partial charge in [0.1, 0.15) is 5.75 Å². The molecule has 1 aromatic carbocycles. The van der Waals surface area contributed by atoms with Crippen molar-refractivity contribution in [1.29, 1.82) is 5.26 Å². The molecule has 1 heterocycles. The summed E-state index contributed by atoms with van der Waals surface area (Å²) < 4.78 is 73.7. The Morgan fingerprint density at radius 1 is 1.33 bits per heavy atom. The van der Waals surface area contributed by atoms with Gasteiger partial charge >= 0.3 is 6.18 Å². The molecule has 13 heteroatoms. The third kappa shape index (κ3) is 6.91. The number of benzene rings is 1. The molecule has 0 bridgehead atoms. The lowest BCUT2D eigenvalue weighted by molar-refractivity contribution is -0.142. The quantitative estimate of drug-likeness (QED) is 0.286. The van der Waals surface area contributed by atoms with Crippen molar-refractivity contribution in [2.45, 2.75) is 39.4 Å². The zero-order chi connectivity index (χ0) is 27.2. The van der Waals surface area contributed by atoms with E-state index in [0.29, 0.717) is 10.9 Å². The Labute approximate surface area is 207 Å². The van der Waals surface area contributed by atoms with Gasteiger partial charge < -0.3 is 10.1 Å². The van der Waals surface area contributed by atoms with E-state index in [0.717, 1.165) is 18.2 Å². The van der Waals surface area contributed by atoms with Crippen LogP contribution in [0, 0.1) is 11.3 Å². The van der Waals surface area contributed by atoms with Crippen LogP contribution in [-0.4, -0.2) is 28.9 Å². The molecule has 0 spiro atoms. The number of aromatic nitrogens is 2. The van der Waals surface area contributed by atoms with Crippen LogP contribution in [0.2, 0.25) is 5.02 Å². The number of carbonyl (C=O) groups is 1. The summed E-state index contributed by atoms with van der Waals surface area (Å²) in [4.78, 5) is 28.7. The standard InChI is InChI=1S/C23H20ClF5N4O3/c1-4-12(2)17(20(25)26)7-14(21(34)31-3)10-33-11-32-19(23(27,28)29)18(22(33)35)36-16-6-13(9-30)5-15(24)8-16/h5-8,11,20H,4,10H2,1-3H3,(H,31,34)/b14-7-,17-12-. The fourth-order valence-corrected chi connectivity index (χ4v) is 3.20. The monoisotopic (exact) mass is 530 g/mol. The van der Waals surface area contributed by atoms with Crippen molar-refractivity contribution in [2.75, 3.05) is 7.05 Å². The Bertz CT molecular complexity index is 1310. The molecule has 192 valence electrons. The van der Waals surface area contributed by atoms with Crippen LogP contribution in [0.1, 0.15) is 31.5 Å². The molecule has 0 saturated carbocycles. The first kappa shape index (κ1) is 28.5. The molecule has 1 amide bonds. The van der Waals surface area contributed by atoms with E-state index in [2.05, 4.69) is 10.3 Å². The lowest BCUT2D eigenvalue weighted by Crippen LogP contribution is -2.30. The summed E-state index contributed by atoms with van der Waals surface area (Å²) >= 11 is 5.86. The number of alkyl halides is 5. The van der Waals surface area contributed by atoms with Crippen molar-refractivity contribution in [3.05, 3.63) is 74.0 Å². The lowest BCUT2D eigenvalue weighted by Gasteiger charge is -2.16. The summed E-state index contributed by atoms with van der Waals surface area (Å²) in [7, 11) is 1.23. The highest BCUT2D eigenvalue weighted by Crippen LogP contribution is 2.35. The van der Waals surface area contributed by atoms with Gasteiger partial charge in [-0.05, 0) is 37.6 Å². The summed E-state index contributed by atoms with van der Waals surface area (Å²) in [5.41, 5.74) is -3.56. The van der Waals surface area contributed by atoms with Crippen molar-refractivity contribution in [3.63, 3.8) is 0 Å². The van der Waals surface area contributed by atoms with Crippen molar-refractivity contribution in [2.24, 2.45) is 0 Å². The van der Waals surface area contributed by atoms with Gasteiger partial charge in [0, 0.05) is 23.2 Å². The van der Waals surface area contributed by atoms with Gasteiger partial charge in [-0.25, -0.2) is 13.8 Å².